The first-order valence-corrected chi connectivity index (χ1v) is 6.95. The van der Waals surface area contributed by atoms with E-state index in [1.165, 1.54) is 11.8 Å². The number of carbonyl (C=O) groups excluding carboxylic acids is 1. The summed E-state index contributed by atoms with van der Waals surface area (Å²) in [6.45, 7) is 5.32. The lowest BCUT2D eigenvalue weighted by Crippen LogP contribution is -2.48. The molecular weight excluding hydrogens is 252 g/mol. The van der Waals surface area contributed by atoms with Crippen LogP contribution in [0.5, 0.6) is 0 Å². The van der Waals surface area contributed by atoms with E-state index in [9.17, 15) is 4.79 Å². The summed E-state index contributed by atoms with van der Waals surface area (Å²) in [6.07, 6.45) is 1.85. The Morgan fingerprint density at radius 2 is 2.17 bits per heavy atom. The SMILES string of the molecule is CC1CN(C(=O)CSc2nncn2C)CC(C)O1. The van der Waals surface area contributed by atoms with Crippen LogP contribution < -0.4 is 0 Å². The fourth-order valence-electron chi connectivity index (χ4n) is 2.00. The van der Waals surface area contributed by atoms with Gasteiger partial charge in [0.25, 0.3) is 0 Å². The van der Waals surface area contributed by atoms with Gasteiger partial charge in [-0.1, -0.05) is 11.8 Å². The molecule has 2 rings (SSSR count). The summed E-state index contributed by atoms with van der Waals surface area (Å²) in [7, 11) is 1.87. The van der Waals surface area contributed by atoms with E-state index in [1.807, 2.05) is 30.4 Å². The second-order valence-electron chi connectivity index (χ2n) is 4.57. The lowest BCUT2D eigenvalue weighted by atomic mass is 10.2. The van der Waals surface area contributed by atoms with Crippen molar-refractivity contribution in [1.82, 2.24) is 19.7 Å². The Morgan fingerprint density at radius 1 is 1.50 bits per heavy atom. The third-order valence-corrected chi connectivity index (χ3v) is 3.79. The van der Waals surface area contributed by atoms with Gasteiger partial charge in [0.05, 0.1) is 18.0 Å². The van der Waals surface area contributed by atoms with Crippen LogP contribution in [-0.2, 0) is 16.6 Å². The molecule has 2 unspecified atom stereocenters. The number of hydrogen-bond donors (Lipinski definition) is 0. The number of morpholine rings is 1. The van der Waals surface area contributed by atoms with Crippen molar-refractivity contribution in [2.24, 2.45) is 7.05 Å². The molecule has 1 fully saturated rings. The van der Waals surface area contributed by atoms with Crippen LogP contribution in [0.4, 0.5) is 0 Å². The zero-order valence-corrected chi connectivity index (χ0v) is 11.7. The highest BCUT2D eigenvalue weighted by atomic mass is 32.2. The lowest BCUT2D eigenvalue weighted by molar-refractivity contribution is -0.140. The monoisotopic (exact) mass is 270 g/mol. The highest BCUT2D eigenvalue weighted by Gasteiger charge is 2.25. The Kier molecular flexibility index (Phi) is 4.23. The van der Waals surface area contributed by atoms with Gasteiger partial charge in [0.2, 0.25) is 5.91 Å². The molecule has 0 aliphatic carbocycles. The molecule has 1 aliphatic heterocycles. The molecule has 1 aliphatic rings. The van der Waals surface area contributed by atoms with Crippen LogP contribution in [0, 0.1) is 0 Å². The van der Waals surface area contributed by atoms with Crippen molar-refractivity contribution in [3.63, 3.8) is 0 Å². The Labute approximate surface area is 111 Å². The molecule has 0 N–H and O–H groups in total. The predicted molar refractivity (Wildman–Crippen MR) is 68.3 cm³/mol. The smallest absolute Gasteiger partial charge is 0.233 e. The summed E-state index contributed by atoms with van der Waals surface area (Å²) in [4.78, 5) is 14.0. The van der Waals surface area contributed by atoms with Crippen LogP contribution in [0.15, 0.2) is 11.5 Å². The molecule has 100 valence electrons. The van der Waals surface area contributed by atoms with Gasteiger partial charge in [-0.3, -0.25) is 4.79 Å². The number of thioether (sulfide) groups is 1. The fraction of sp³-hybridized carbons (Fsp3) is 0.727. The summed E-state index contributed by atoms with van der Waals surface area (Å²) in [5.41, 5.74) is 0. The standard InChI is InChI=1S/C11H18N4O2S/c1-8-4-15(5-9(2)17-8)10(16)6-18-11-13-12-7-14(11)3/h7-9H,4-6H2,1-3H3. The van der Waals surface area contributed by atoms with Gasteiger partial charge < -0.3 is 14.2 Å². The first kappa shape index (κ1) is 13.4. The van der Waals surface area contributed by atoms with Gasteiger partial charge in [-0.2, -0.15) is 0 Å². The van der Waals surface area contributed by atoms with Crippen LogP contribution >= 0.6 is 11.8 Å². The highest BCUT2D eigenvalue weighted by Crippen LogP contribution is 2.16. The number of aryl methyl sites for hydroxylation is 1. The second kappa shape index (κ2) is 5.71. The molecule has 1 amide bonds. The van der Waals surface area contributed by atoms with E-state index in [-0.39, 0.29) is 18.1 Å². The third kappa shape index (κ3) is 3.23. The molecular formula is C11H18N4O2S. The van der Waals surface area contributed by atoms with Crippen LogP contribution in [0.25, 0.3) is 0 Å². The van der Waals surface area contributed by atoms with Gasteiger partial charge >= 0.3 is 0 Å². The number of rotatable bonds is 3. The molecule has 1 aromatic heterocycles. The minimum absolute atomic E-state index is 0.109. The van der Waals surface area contributed by atoms with Crippen LogP contribution in [-0.4, -0.2) is 56.6 Å². The topological polar surface area (TPSA) is 60.2 Å². The number of amides is 1. The van der Waals surface area contributed by atoms with Crippen molar-refractivity contribution >= 4 is 17.7 Å². The first-order valence-electron chi connectivity index (χ1n) is 5.96. The molecule has 1 saturated heterocycles. The maximum absolute atomic E-state index is 12.1. The number of aromatic nitrogens is 3. The quantitative estimate of drug-likeness (QED) is 0.750. The lowest BCUT2D eigenvalue weighted by Gasteiger charge is -2.35. The van der Waals surface area contributed by atoms with Crippen LogP contribution in [0.3, 0.4) is 0 Å². The van der Waals surface area contributed by atoms with Gasteiger partial charge in [0.1, 0.15) is 6.33 Å². The van der Waals surface area contributed by atoms with Crippen LogP contribution in [0.2, 0.25) is 0 Å². The molecule has 2 atom stereocenters. The average Bonchev–Trinajstić information content (AvgIpc) is 2.70. The van der Waals surface area contributed by atoms with Crippen LogP contribution in [0.1, 0.15) is 13.8 Å². The van der Waals surface area contributed by atoms with E-state index < -0.39 is 0 Å². The van der Waals surface area contributed by atoms with Gasteiger partial charge in [-0.25, -0.2) is 0 Å². The maximum Gasteiger partial charge on any atom is 0.233 e. The third-order valence-electron chi connectivity index (χ3n) is 2.77. The number of ether oxygens (including phenoxy) is 1. The van der Waals surface area contributed by atoms with E-state index in [0.717, 1.165) is 5.16 Å². The Bertz CT molecular complexity index is 413. The second-order valence-corrected chi connectivity index (χ2v) is 5.51. The molecule has 1 aromatic rings. The predicted octanol–water partition coefficient (Wildman–Crippen LogP) is 0.543. The first-order chi connectivity index (χ1) is 8.56. The fourth-order valence-corrected chi connectivity index (χ4v) is 2.79. The van der Waals surface area contributed by atoms with Gasteiger partial charge in [-0.05, 0) is 13.8 Å². The normalized spacial score (nSPS) is 24.3. The molecule has 2 heterocycles. The van der Waals surface area contributed by atoms with E-state index >= 15 is 0 Å². The maximum atomic E-state index is 12.1. The van der Waals surface area contributed by atoms with Crippen molar-refractivity contribution in [2.45, 2.75) is 31.2 Å². The minimum atomic E-state index is 0.109. The largest absolute Gasteiger partial charge is 0.372 e. The van der Waals surface area contributed by atoms with Crippen molar-refractivity contribution in [1.29, 1.82) is 0 Å². The van der Waals surface area contributed by atoms with E-state index in [2.05, 4.69) is 10.2 Å². The zero-order chi connectivity index (χ0) is 13.1. The molecule has 0 radical (unpaired) electrons. The summed E-state index contributed by atoms with van der Waals surface area (Å²) < 4.78 is 7.42. The molecule has 0 saturated carbocycles. The summed E-state index contributed by atoms with van der Waals surface area (Å²) >= 11 is 1.42. The van der Waals surface area contributed by atoms with E-state index in [4.69, 9.17) is 4.74 Å². The van der Waals surface area contributed by atoms with Crippen molar-refractivity contribution in [3.05, 3.63) is 6.33 Å². The van der Waals surface area contributed by atoms with E-state index in [0.29, 0.717) is 18.8 Å². The highest BCUT2D eigenvalue weighted by molar-refractivity contribution is 7.99. The van der Waals surface area contributed by atoms with Gasteiger partial charge in [0, 0.05) is 20.1 Å². The molecule has 6 nitrogen and oxygen atoms in total. The Hall–Kier alpha value is -1.08. The molecule has 0 spiro atoms. The number of hydrogen-bond acceptors (Lipinski definition) is 5. The molecule has 18 heavy (non-hydrogen) atoms. The Morgan fingerprint density at radius 3 is 2.72 bits per heavy atom. The number of nitrogens with zero attached hydrogens (tertiary/aromatic N) is 4. The van der Waals surface area contributed by atoms with E-state index in [1.54, 1.807) is 6.33 Å². The Balaban J connectivity index is 1.86. The van der Waals surface area contributed by atoms with Crippen molar-refractivity contribution in [2.75, 3.05) is 18.8 Å². The molecule has 0 aromatic carbocycles. The summed E-state index contributed by atoms with van der Waals surface area (Å²) in [5, 5.41) is 8.49. The molecule has 0 bridgehead atoms. The van der Waals surface area contributed by atoms with Gasteiger partial charge in [0.15, 0.2) is 5.16 Å². The van der Waals surface area contributed by atoms with Crippen molar-refractivity contribution < 1.29 is 9.53 Å². The number of carbonyl (C=O) groups is 1. The minimum Gasteiger partial charge on any atom is -0.372 e. The average molecular weight is 270 g/mol. The summed E-state index contributed by atoms with van der Waals surface area (Å²) in [5.74, 6) is 0.524. The molecule has 7 heteroatoms. The van der Waals surface area contributed by atoms with Crippen molar-refractivity contribution in [3.8, 4) is 0 Å². The zero-order valence-electron chi connectivity index (χ0n) is 10.9. The van der Waals surface area contributed by atoms with Gasteiger partial charge in [-0.15, -0.1) is 10.2 Å². The summed E-state index contributed by atoms with van der Waals surface area (Å²) in [6, 6.07) is 0.